The van der Waals surface area contributed by atoms with Crippen LogP contribution >= 0.6 is 0 Å². The van der Waals surface area contributed by atoms with Crippen LogP contribution in [0.25, 0.3) is 22.4 Å². The summed E-state index contributed by atoms with van der Waals surface area (Å²) in [5, 5.41) is 0. The number of hydrogen-bond donors (Lipinski definition) is 0. The van der Waals surface area contributed by atoms with Crippen LogP contribution < -0.4 is 4.74 Å². The first-order chi connectivity index (χ1) is 15.2. The zero-order valence-electron chi connectivity index (χ0n) is 18.9. The predicted octanol–water partition coefficient (Wildman–Crippen LogP) is 8.25. The lowest BCUT2D eigenvalue weighted by atomic mass is 10.0. The van der Waals surface area contributed by atoms with Gasteiger partial charge in [0.15, 0.2) is 0 Å². The number of halogens is 1. The van der Waals surface area contributed by atoms with Crippen molar-refractivity contribution in [1.82, 2.24) is 4.98 Å². The van der Waals surface area contributed by atoms with Gasteiger partial charge in [-0.05, 0) is 48.6 Å². The lowest BCUT2D eigenvalue weighted by molar-refractivity contribution is 0.303. The molecule has 2 nitrogen and oxygen atoms in total. The lowest BCUT2D eigenvalue weighted by Crippen LogP contribution is -1.98. The first kappa shape index (κ1) is 23.0. The summed E-state index contributed by atoms with van der Waals surface area (Å²) < 4.78 is 20.4. The van der Waals surface area contributed by atoms with E-state index in [9.17, 15) is 4.39 Å². The van der Waals surface area contributed by atoms with Crippen molar-refractivity contribution in [3.63, 3.8) is 0 Å². The molecular weight excluding hydrogens is 385 g/mol. The molecule has 0 saturated carbocycles. The minimum Gasteiger partial charge on any atom is -0.493 e. The molecule has 0 aliphatic rings. The van der Waals surface area contributed by atoms with Crippen molar-refractivity contribution in [2.75, 3.05) is 6.61 Å². The van der Waals surface area contributed by atoms with Gasteiger partial charge in [-0.15, -0.1) is 0 Å². The van der Waals surface area contributed by atoms with Crippen LogP contribution in [0.15, 0.2) is 60.8 Å². The summed E-state index contributed by atoms with van der Waals surface area (Å²) in [6, 6.07) is 17.3. The third-order valence-electron chi connectivity index (χ3n) is 5.59. The molecule has 0 amide bonds. The molecule has 0 bridgehead atoms. The fourth-order valence-corrected chi connectivity index (χ4v) is 3.68. The zero-order chi connectivity index (χ0) is 21.9. The molecule has 1 heterocycles. The van der Waals surface area contributed by atoms with E-state index in [1.54, 1.807) is 6.07 Å². The van der Waals surface area contributed by atoms with Crippen molar-refractivity contribution >= 4 is 0 Å². The van der Waals surface area contributed by atoms with Crippen LogP contribution in [0.1, 0.15) is 64.4 Å². The van der Waals surface area contributed by atoms with E-state index < -0.39 is 0 Å². The summed E-state index contributed by atoms with van der Waals surface area (Å²) >= 11 is 0. The predicted molar refractivity (Wildman–Crippen MR) is 128 cm³/mol. The van der Waals surface area contributed by atoms with Crippen LogP contribution in [0, 0.1) is 5.82 Å². The summed E-state index contributed by atoms with van der Waals surface area (Å²) in [5.41, 5.74) is 4.70. The van der Waals surface area contributed by atoms with Crippen LogP contribution in [-0.2, 0) is 6.42 Å². The molecule has 31 heavy (non-hydrogen) atoms. The molecule has 0 N–H and O–H groups in total. The Morgan fingerprint density at radius 1 is 0.774 bits per heavy atom. The SMILES string of the molecule is CCCCCCOc1ccc(-c2ccc(-c3ccc(CCCCC)cn3)cc2)c(F)c1. The van der Waals surface area contributed by atoms with E-state index >= 15 is 0 Å². The largest absolute Gasteiger partial charge is 0.493 e. The molecular formula is C28H34FNO. The second-order valence-electron chi connectivity index (χ2n) is 8.14. The highest BCUT2D eigenvalue weighted by Gasteiger charge is 2.08. The van der Waals surface area contributed by atoms with E-state index in [1.807, 2.05) is 36.5 Å². The zero-order valence-corrected chi connectivity index (χ0v) is 18.9. The molecule has 1 aromatic heterocycles. The fraction of sp³-hybridized carbons (Fsp3) is 0.393. The Balaban J connectivity index is 1.61. The van der Waals surface area contributed by atoms with E-state index in [0.29, 0.717) is 17.9 Å². The average molecular weight is 420 g/mol. The van der Waals surface area contributed by atoms with E-state index in [1.165, 1.54) is 43.7 Å². The number of ether oxygens (including phenoxy) is 1. The van der Waals surface area contributed by atoms with Crippen molar-refractivity contribution in [2.24, 2.45) is 0 Å². The molecule has 2 aromatic carbocycles. The van der Waals surface area contributed by atoms with Gasteiger partial charge < -0.3 is 4.74 Å². The van der Waals surface area contributed by atoms with Crippen LogP contribution in [0.3, 0.4) is 0 Å². The smallest absolute Gasteiger partial charge is 0.134 e. The molecule has 0 saturated heterocycles. The molecule has 164 valence electrons. The minimum atomic E-state index is -0.256. The second kappa shape index (κ2) is 12.2. The van der Waals surface area contributed by atoms with Gasteiger partial charge in [-0.3, -0.25) is 4.98 Å². The molecule has 3 heteroatoms. The lowest BCUT2D eigenvalue weighted by Gasteiger charge is -2.09. The Kier molecular flexibility index (Phi) is 9.08. The Hall–Kier alpha value is -2.68. The third kappa shape index (κ3) is 6.92. The van der Waals surface area contributed by atoms with Gasteiger partial charge in [0.1, 0.15) is 11.6 Å². The number of aromatic nitrogens is 1. The van der Waals surface area contributed by atoms with Gasteiger partial charge in [-0.25, -0.2) is 4.39 Å². The first-order valence-corrected chi connectivity index (χ1v) is 11.7. The highest BCUT2D eigenvalue weighted by Crippen LogP contribution is 2.28. The molecule has 0 aliphatic carbocycles. The molecule has 0 fully saturated rings. The van der Waals surface area contributed by atoms with Crippen molar-refractivity contribution in [3.8, 4) is 28.1 Å². The van der Waals surface area contributed by atoms with Gasteiger partial charge >= 0.3 is 0 Å². The molecule has 0 atom stereocenters. The van der Waals surface area contributed by atoms with Crippen molar-refractivity contribution in [1.29, 1.82) is 0 Å². The molecule has 0 aliphatic heterocycles. The first-order valence-electron chi connectivity index (χ1n) is 11.7. The van der Waals surface area contributed by atoms with E-state index in [0.717, 1.165) is 36.1 Å². The van der Waals surface area contributed by atoms with Gasteiger partial charge in [0.25, 0.3) is 0 Å². The highest BCUT2D eigenvalue weighted by atomic mass is 19.1. The standard InChI is InChI=1S/C28H34FNO/c1-3-5-7-9-19-31-25-16-17-26(27(29)20-25)23-12-14-24(15-13-23)28-18-11-22(21-30-28)10-8-6-4-2/h11-18,20-21H,3-10,19H2,1-2H3. The maximum atomic E-state index is 14.7. The Labute approximate surface area is 186 Å². The van der Waals surface area contributed by atoms with Gasteiger partial charge in [0, 0.05) is 23.4 Å². The Bertz CT molecular complexity index is 919. The fourth-order valence-electron chi connectivity index (χ4n) is 3.68. The summed E-state index contributed by atoms with van der Waals surface area (Å²) in [6.45, 7) is 5.04. The number of rotatable bonds is 12. The van der Waals surface area contributed by atoms with Gasteiger partial charge in [0.2, 0.25) is 0 Å². The van der Waals surface area contributed by atoms with Gasteiger partial charge in [0.05, 0.1) is 12.3 Å². The minimum absolute atomic E-state index is 0.256. The average Bonchev–Trinajstić information content (AvgIpc) is 2.80. The molecule has 0 unspecified atom stereocenters. The summed E-state index contributed by atoms with van der Waals surface area (Å²) in [6.07, 6.45) is 11.3. The number of aryl methyl sites for hydroxylation is 1. The number of benzene rings is 2. The quantitative estimate of drug-likeness (QED) is 0.276. The van der Waals surface area contributed by atoms with Crippen molar-refractivity contribution < 1.29 is 9.13 Å². The van der Waals surface area contributed by atoms with Gasteiger partial charge in [-0.1, -0.05) is 76.3 Å². The summed E-state index contributed by atoms with van der Waals surface area (Å²) in [4.78, 5) is 4.62. The molecule has 0 spiro atoms. The second-order valence-corrected chi connectivity index (χ2v) is 8.14. The monoisotopic (exact) mass is 419 g/mol. The summed E-state index contributed by atoms with van der Waals surface area (Å²) in [5.74, 6) is 0.339. The Morgan fingerprint density at radius 3 is 2.19 bits per heavy atom. The third-order valence-corrected chi connectivity index (χ3v) is 5.59. The number of pyridine rings is 1. The number of unbranched alkanes of at least 4 members (excludes halogenated alkanes) is 5. The molecule has 3 aromatic rings. The van der Waals surface area contributed by atoms with Crippen LogP contribution in [0.2, 0.25) is 0 Å². The van der Waals surface area contributed by atoms with Crippen molar-refractivity contribution in [3.05, 3.63) is 72.2 Å². The van der Waals surface area contributed by atoms with Crippen molar-refractivity contribution in [2.45, 2.75) is 65.2 Å². The normalized spacial score (nSPS) is 10.9. The van der Waals surface area contributed by atoms with E-state index in [-0.39, 0.29) is 5.82 Å². The van der Waals surface area contributed by atoms with E-state index in [4.69, 9.17) is 4.74 Å². The Morgan fingerprint density at radius 2 is 1.52 bits per heavy atom. The van der Waals surface area contributed by atoms with Gasteiger partial charge in [-0.2, -0.15) is 0 Å². The maximum absolute atomic E-state index is 14.7. The number of nitrogens with zero attached hydrogens (tertiary/aromatic N) is 1. The van der Waals surface area contributed by atoms with Crippen LogP contribution in [-0.4, -0.2) is 11.6 Å². The van der Waals surface area contributed by atoms with Crippen LogP contribution in [0.4, 0.5) is 4.39 Å². The maximum Gasteiger partial charge on any atom is 0.134 e. The topological polar surface area (TPSA) is 22.1 Å². The van der Waals surface area contributed by atoms with E-state index in [2.05, 4.69) is 31.0 Å². The molecule has 3 rings (SSSR count). The summed E-state index contributed by atoms with van der Waals surface area (Å²) in [7, 11) is 0. The van der Waals surface area contributed by atoms with Crippen LogP contribution in [0.5, 0.6) is 5.75 Å². The molecule has 0 radical (unpaired) electrons. The number of hydrogen-bond acceptors (Lipinski definition) is 2. The highest BCUT2D eigenvalue weighted by molar-refractivity contribution is 5.69.